The molecule has 0 saturated carbocycles. The number of nitrogens with two attached hydrogens (primary N) is 1. The lowest BCUT2D eigenvalue weighted by molar-refractivity contribution is -0.149. The Kier molecular flexibility index (Phi) is 9.07. The van der Waals surface area contributed by atoms with Crippen LogP contribution in [-0.4, -0.2) is 56.5 Å². The zero-order chi connectivity index (χ0) is 30.1. The van der Waals surface area contributed by atoms with Crippen molar-refractivity contribution in [2.24, 2.45) is 0 Å². The van der Waals surface area contributed by atoms with Crippen LogP contribution in [0.25, 0.3) is 10.8 Å². The molecule has 1 unspecified atom stereocenters. The van der Waals surface area contributed by atoms with Crippen LogP contribution in [0.1, 0.15) is 33.9 Å². The number of aromatic nitrogens is 2. The molecule has 1 aromatic heterocycles. The molecule has 1 aliphatic rings. The van der Waals surface area contributed by atoms with Crippen molar-refractivity contribution in [3.8, 4) is 5.75 Å². The third kappa shape index (κ3) is 6.72. The minimum atomic E-state index is -4.38. The standard InChI is InChI=1S/C26H31ClFN4O8P/c1-14(2)38-23(34)15(3)31-41(36,40-19-11-7-9-16-8-5-6-10-17(16)19)37-13-20-21(33)26(4,27)24(39-20)32-12-18(28)22(29)30-25(32)35/h5-12,14-15,20-21,24,33H,13H2,1-4H3,(H,31,36)(H2,29,30,35)/t15-,20-,21-,24?,26-,41+/m1/s1. The number of nitrogen functional groups attached to an aromatic ring is 1. The lowest BCUT2D eigenvalue weighted by atomic mass is 10.0. The molecule has 4 rings (SSSR count). The number of rotatable bonds is 10. The fourth-order valence-electron chi connectivity index (χ4n) is 4.27. The number of hydrogen-bond donors (Lipinski definition) is 3. The molecular formula is C26H31ClFN4O8P. The van der Waals surface area contributed by atoms with Gasteiger partial charge in [-0.1, -0.05) is 36.4 Å². The van der Waals surface area contributed by atoms with Crippen LogP contribution in [-0.2, 0) is 23.4 Å². The molecular weight excluding hydrogens is 582 g/mol. The third-order valence-corrected chi connectivity index (χ3v) is 8.38. The van der Waals surface area contributed by atoms with Gasteiger partial charge in [0.1, 0.15) is 28.9 Å². The van der Waals surface area contributed by atoms with E-state index in [1.165, 1.54) is 13.8 Å². The number of anilines is 1. The summed E-state index contributed by atoms with van der Waals surface area (Å²) >= 11 is 6.55. The van der Waals surface area contributed by atoms with Gasteiger partial charge in [0.05, 0.1) is 18.9 Å². The van der Waals surface area contributed by atoms with Crippen molar-refractivity contribution in [3.05, 3.63) is 65.0 Å². The van der Waals surface area contributed by atoms with Crippen LogP contribution in [0.3, 0.4) is 0 Å². The molecule has 222 valence electrons. The van der Waals surface area contributed by atoms with Gasteiger partial charge in [0.15, 0.2) is 17.9 Å². The molecule has 1 aliphatic heterocycles. The van der Waals surface area contributed by atoms with Crippen LogP contribution < -0.4 is 21.0 Å². The average Bonchev–Trinajstić information content (AvgIpc) is 3.13. The van der Waals surface area contributed by atoms with Gasteiger partial charge in [-0.25, -0.2) is 13.8 Å². The Bertz CT molecular complexity index is 1530. The molecule has 0 spiro atoms. The molecule has 41 heavy (non-hydrogen) atoms. The molecule has 2 heterocycles. The minimum absolute atomic E-state index is 0.200. The number of alkyl halides is 1. The van der Waals surface area contributed by atoms with E-state index in [0.29, 0.717) is 5.39 Å². The fraction of sp³-hybridized carbons (Fsp3) is 0.423. The van der Waals surface area contributed by atoms with E-state index in [2.05, 4.69) is 10.1 Å². The van der Waals surface area contributed by atoms with Crippen molar-refractivity contribution < 1.29 is 37.4 Å². The highest BCUT2D eigenvalue weighted by Gasteiger charge is 2.54. The number of aliphatic hydroxyl groups is 1. The van der Waals surface area contributed by atoms with E-state index in [4.69, 9.17) is 35.9 Å². The molecule has 3 aromatic rings. The second-order valence-electron chi connectivity index (χ2n) is 9.99. The molecule has 1 saturated heterocycles. The molecule has 0 radical (unpaired) electrons. The van der Waals surface area contributed by atoms with Crippen molar-refractivity contribution in [2.45, 2.75) is 63.2 Å². The van der Waals surface area contributed by atoms with E-state index in [0.717, 1.165) is 16.2 Å². The first-order valence-corrected chi connectivity index (χ1v) is 14.6. The number of nitrogens with zero attached hydrogens (tertiary/aromatic N) is 2. The van der Waals surface area contributed by atoms with E-state index in [-0.39, 0.29) is 5.75 Å². The van der Waals surface area contributed by atoms with Crippen LogP contribution in [0.4, 0.5) is 10.2 Å². The smallest absolute Gasteiger partial charge is 0.459 e. The number of carbonyl (C=O) groups excluding carboxylic acids is 1. The first-order chi connectivity index (χ1) is 19.2. The largest absolute Gasteiger partial charge is 0.462 e. The first kappa shape index (κ1) is 30.9. The van der Waals surface area contributed by atoms with Gasteiger partial charge < -0.3 is 24.8 Å². The number of benzene rings is 2. The van der Waals surface area contributed by atoms with Gasteiger partial charge in [0, 0.05) is 5.39 Å². The maximum Gasteiger partial charge on any atom is 0.459 e. The van der Waals surface area contributed by atoms with Gasteiger partial charge in [-0.2, -0.15) is 10.1 Å². The number of halogens is 2. The van der Waals surface area contributed by atoms with E-state index in [1.807, 2.05) is 18.2 Å². The number of aliphatic hydroxyl groups excluding tert-OH is 1. The summed E-state index contributed by atoms with van der Waals surface area (Å²) in [5.74, 6) is -2.10. The lowest BCUT2D eigenvalue weighted by Gasteiger charge is -2.26. The Morgan fingerprint density at radius 3 is 2.68 bits per heavy atom. The van der Waals surface area contributed by atoms with E-state index < -0.39 is 73.1 Å². The van der Waals surface area contributed by atoms with Crippen LogP contribution in [0, 0.1) is 5.82 Å². The van der Waals surface area contributed by atoms with Gasteiger partial charge in [-0.15, -0.1) is 11.6 Å². The van der Waals surface area contributed by atoms with Crippen molar-refractivity contribution in [1.82, 2.24) is 14.6 Å². The number of hydrogen-bond acceptors (Lipinski definition) is 10. The molecule has 0 bridgehead atoms. The van der Waals surface area contributed by atoms with E-state index in [9.17, 15) is 23.7 Å². The van der Waals surface area contributed by atoms with Crippen molar-refractivity contribution in [3.63, 3.8) is 0 Å². The number of ether oxygens (including phenoxy) is 2. The highest BCUT2D eigenvalue weighted by molar-refractivity contribution is 7.52. The number of esters is 1. The predicted molar refractivity (Wildman–Crippen MR) is 149 cm³/mol. The Hall–Kier alpha value is -3.06. The Morgan fingerprint density at radius 2 is 1.98 bits per heavy atom. The van der Waals surface area contributed by atoms with Gasteiger partial charge in [0.2, 0.25) is 0 Å². The quantitative estimate of drug-likeness (QED) is 0.174. The topological polar surface area (TPSA) is 164 Å². The summed E-state index contributed by atoms with van der Waals surface area (Å²) in [4.78, 5) is 26.6. The molecule has 15 heteroatoms. The SMILES string of the molecule is CC(C)OC(=O)[C@@H](C)N[P@](=O)(OC[C@H]1OC(n2cc(F)c(N)nc2=O)[C@](C)(Cl)[C@@H]1O)Oc1cccc2ccccc12. The van der Waals surface area contributed by atoms with Gasteiger partial charge in [-0.05, 0) is 39.1 Å². The maximum atomic E-state index is 14.1. The van der Waals surface area contributed by atoms with Gasteiger partial charge >= 0.3 is 19.4 Å². The van der Waals surface area contributed by atoms with Crippen LogP contribution in [0.5, 0.6) is 5.75 Å². The highest BCUT2D eigenvalue weighted by Crippen LogP contribution is 2.49. The van der Waals surface area contributed by atoms with Gasteiger partial charge in [-0.3, -0.25) is 13.9 Å². The summed E-state index contributed by atoms with van der Waals surface area (Å²) in [6.07, 6.45) is -3.81. The number of nitrogens with one attached hydrogen (secondary N) is 1. The summed E-state index contributed by atoms with van der Waals surface area (Å²) in [5.41, 5.74) is 4.40. The minimum Gasteiger partial charge on any atom is -0.462 e. The molecule has 12 nitrogen and oxygen atoms in total. The van der Waals surface area contributed by atoms with Crippen LogP contribution in [0.15, 0.2) is 53.5 Å². The van der Waals surface area contributed by atoms with E-state index >= 15 is 0 Å². The Labute approximate surface area is 240 Å². The van der Waals surface area contributed by atoms with Gasteiger partial charge in [0.25, 0.3) is 0 Å². The number of carbonyl (C=O) groups is 1. The fourth-order valence-corrected chi connectivity index (χ4v) is 6.08. The average molecular weight is 613 g/mol. The highest BCUT2D eigenvalue weighted by atomic mass is 35.5. The molecule has 0 amide bonds. The third-order valence-electron chi connectivity index (χ3n) is 6.34. The molecule has 6 atom stereocenters. The normalized spacial score (nSPS) is 24.7. The summed E-state index contributed by atoms with van der Waals surface area (Å²) in [6.45, 7) is 5.56. The number of fused-ring (bicyclic) bond motifs is 1. The van der Waals surface area contributed by atoms with Crippen LogP contribution in [0.2, 0.25) is 0 Å². The second-order valence-corrected chi connectivity index (χ2v) is 12.5. The zero-order valence-corrected chi connectivity index (χ0v) is 24.3. The summed E-state index contributed by atoms with van der Waals surface area (Å²) in [6, 6.07) is 11.2. The summed E-state index contributed by atoms with van der Waals surface area (Å²) < 4.78 is 51.5. The van der Waals surface area contributed by atoms with Crippen molar-refractivity contribution in [1.29, 1.82) is 0 Å². The molecule has 2 aromatic carbocycles. The first-order valence-electron chi connectivity index (χ1n) is 12.7. The summed E-state index contributed by atoms with van der Waals surface area (Å²) in [5, 5.41) is 14.9. The Morgan fingerprint density at radius 1 is 1.29 bits per heavy atom. The zero-order valence-electron chi connectivity index (χ0n) is 22.7. The maximum absolute atomic E-state index is 14.1. The summed E-state index contributed by atoms with van der Waals surface area (Å²) in [7, 11) is -4.38. The molecule has 1 fully saturated rings. The second kappa shape index (κ2) is 12.0. The lowest BCUT2D eigenvalue weighted by Crippen LogP contribution is -2.42. The molecule has 0 aliphatic carbocycles. The van der Waals surface area contributed by atoms with Crippen LogP contribution >= 0.6 is 19.3 Å². The van der Waals surface area contributed by atoms with E-state index in [1.54, 1.807) is 38.1 Å². The van der Waals surface area contributed by atoms with Crippen molar-refractivity contribution in [2.75, 3.05) is 12.3 Å². The predicted octanol–water partition coefficient (Wildman–Crippen LogP) is 3.51. The van der Waals surface area contributed by atoms with Crippen molar-refractivity contribution >= 4 is 41.9 Å². The monoisotopic (exact) mass is 612 g/mol. The molecule has 4 N–H and O–H groups in total. The Balaban J connectivity index is 1.60.